The Bertz CT molecular complexity index is 1110. The Morgan fingerprint density at radius 1 is 1.14 bits per heavy atom. The molecule has 0 spiro atoms. The Morgan fingerprint density at radius 3 is 2.48 bits per heavy atom. The van der Waals surface area contributed by atoms with Crippen molar-refractivity contribution in [2.24, 2.45) is 7.05 Å². The van der Waals surface area contributed by atoms with Gasteiger partial charge < -0.3 is 5.32 Å². The lowest BCUT2D eigenvalue weighted by Crippen LogP contribution is -2.40. The summed E-state index contributed by atoms with van der Waals surface area (Å²) in [6.45, 7) is 5.50. The van der Waals surface area contributed by atoms with Crippen molar-refractivity contribution in [3.63, 3.8) is 0 Å². The first-order chi connectivity index (χ1) is 13.5. The molecule has 0 saturated carbocycles. The molecule has 0 amide bonds. The van der Waals surface area contributed by atoms with Crippen LogP contribution in [0.15, 0.2) is 53.8 Å². The summed E-state index contributed by atoms with van der Waals surface area (Å²) in [4.78, 5) is 3.63. The Kier molecular flexibility index (Phi) is 5.72. The molecule has 0 fully saturated rings. The van der Waals surface area contributed by atoms with E-state index in [1.165, 1.54) is 12.1 Å². The molecule has 0 aliphatic heterocycles. The number of anilines is 1. The quantitative estimate of drug-likeness (QED) is 0.642. The van der Waals surface area contributed by atoms with Crippen LogP contribution in [0.5, 0.6) is 0 Å². The summed E-state index contributed by atoms with van der Waals surface area (Å²) in [6.07, 6.45) is 5.27. The normalized spacial score (nSPS) is 12.2. The van der Waals surface area contributed by atoms with Crippen LogP contribution in [0.2, 0.25) is 0 Å². The smallest absolute Gasteiger partial charge is 0.244 e. The minimum Gasteiger partial charge on any atom is -0.381 e. The molecular formula is C20H24FN5O2S. The van der Waals surface area contributed by atoms with Crippen LogP contribution in [0, 0.1) is 5.82 Å². The van der Waals surface area contributed by atoms with Gasteiger partial charge in [0.25, 0.3) is 0 Å². The van der Waals surface area contributed by atoms with Crippen molar-refractivity contribution in [2.45, 2.75) is 37.8 Å². The van der Waals surface area contributed by atoms with Crippen LogP contribution in [0.25, 0.3) is 11.3 Å². The minimum atomic E-state index is -3.99. The zero-order valence-corrected chi connectivity index (χ0v) is 17.6. The van der Waals surface area contributed by atoms with Crippen LogP contribution in [0.4, 0.5) is 10.1 Å². The van der Waals surface area contributed by atoms with Crippen molar-refractivity contribution in [3.8, 4) is 11.3 Å². The first-order valence-electron chi connectivity index (χ1n) is 9.05. The molecule has 0 atom stereocenters. The molecule has 9 heteroatoms. The topological polar surface area (TPSA) is 88.9 Å². The van der Waals surface area contributed by atoms with Gasteiger partial charge in [0, 0.05) is 54.5 Å². The van der Waals surface area contributed by atoms with Gasteiger partial charge in [-0.05, 0) is 51.1 Å². The first-order valence-corrected chi connectivity index (χ1v) is 10.5. The Morgan fingerprint density at radius 2 is 1.83 bits per heavy atom. The Hall–Kier alpha value is -2.78. The van der Waals surface area contributed by atoms with Crippen LogP contribution in [-0.2, 0) is 23.6 Å². The Balaban J connectivity index is 1.85. The summed E-state index contributed by atoms with van der Waals surface area (Å²) in [6, 6.07) is 7.69. The van der Waals surface area contributed by atoms with Gasteiger partial charge in [0.2, 0.25) is 10.0 Å². The average molecular weight is 418 g/mol. The highest BCUT2D eigenvalue weighted by molar-refractivity contribution is 7.89. The number of nitrogens with zero attached hydrogens (tertiary/aromatic N) is 3. The Labute approximate surface area is 170 Å². The van der Waals surface area contributed by atoms with Gasteiger partial charge in [-0.2, -0.15) is 5.10 Å². The zero-order chi connectivity index (χ0) is 21.2. The monoisotopic (exact) mass is 417 g/mol. The first kappa shape index (κ1) is 20.9. The lowest BCUT2D eigenvalue weighted by molar-refractivity contribution is 0.486. The van der Waals surface area contributed by atoms with E-state index in [0.29, 0.717) is 12.2 Å². The SMILES string of the molecule is Cn1cc(CNc2ccc(F)c(S(=O)(=O)NC(C)(C)C)c2)c(-c2ccncc2)n1. The van der Waals surface area contributed by atoms with Gasteiger partial charge in [-0.1, -0.05) is 0 Å². The van der Waals surface area contributed by atoms with E-state index in [-0.39, 0.29) is 0 Å². The predicted molar refractivity (Wildman–Crippen MR) is 110 cm³/mol. The molecular weight excluding hydrogens is 393 g/mol. The highest BCUT2D eigenvalue weighted by Crippen LogP contribution is 2.24. The molecule has 0 saturated heterocycles. The molecule has 1 aromatic carbocycles. The molecule has 7 nitrogen and oxygen atoms in total. The number of halogens is 1. The molecule has 0 bridgehead atoms. The van der Waals surface area contributed by atoms with Crippen LogP contribution in [-0.4, -0.2) is 28.7 Å². The van der Waals surface area contributed by atoms with Crippen LogP contribution < -0.4 is 10.0 Å². The van der Waals surface area contributed by atoms with Gasteiger partial charge in [0.15, 0.2) is 0 Å². The van der Waals surface area contributed by atoms with Crippen molar-refractivity contribution >= 4 is 15.7 Å². The highest BCUT2D eigenvalue weighted by atomic mass is 32.2. The summed E-state index contributed by atoms with van der Waals surface area (Å²) < 4.78 is 43.5. The lowest BCUT2D eigenvalue weighted by atomic mass is 10.1. The van der Waals surface area contributed by atoms with Crippen LogP contribution in [0.3, 0.4) is 0 Å². The van der Waals surface area contributed by atoms with Gasteiger partial charge in [-0.25, -0.2) is 17.5 Å². The third kappa shape index (κ3) is 5.18. The van der Waals surface area contributed by atoms with Gasteiger partial charge in [0.05, 0.1) is 5.69 Å². The number of nitrogens with one attached hydrogen (secondary N) is 2. The van der Waals surface area contributed by atoms with Crippen molar-refractivity contribution in [3.05, 3.63) is 60.3 Å². The highest BCUT2D eigenvalue weighted by Gasteiger charge is 2.25. The molecule has 0 unspecified atom stereocenters. The fourth-order valence-corrected chi connectivity index (χ4v) is 4.42. The second kappa shape index (κ2) is 7.92. The molecule has 29 heavy (non-hydrogen) atoms. The fourth-order valence-electron chi connectivity index (χ4n) is 2.89. The van der Waals surface area contributed by atoms with E-state index in [2.05, 4.69) is 20.1 Å². The van der Waals surface area contributed by atoms with Crippen molar-refractivity contribution in [1.82, 2.24) is 19.5 Å². The predicted octanol–water partition coefficient (Wildman–Crippen LogP) is 3.31. The summed E-state index contributed by atoms with van der Waals surface area (Å²) in [5, 5.41) is 7.65. The van der Waals surface area contributed by atoms with E-state index >= 15 is 0 Å². The minimum absolute atomic E-state index is 0.391. The van der Waals surface area contributed by atoms with E-state index in [4.69, 9.17) is 0 Å². The van der Waals surface area contributed by atoms with Crippen molar-refractivity contribution in [1.29, 1.82) is 0 Å². The molecule has 2 heterocycles. The standard InChI is InChI=1S/C20H24FN5O2S/c1-20(2,3)25-29(27,28)18-11-16(5-6-17(18)21)23-12-15-13-26(4)24-19(15)14-7-9-22-10-8-14/h5-11,13,23,25H,12H2,1-4H3. The molecule has 0 aliphatic rings. The van der Waals surface area contributed by atoms with E-state index in [0.717, 1.165) is 22.9 Å². The maximum atomic E-state index is 14.2. The summed E-state index contributed by atoms with van der Waals surface area (Å²) in [7, 11) is -2.16. The van der Waals surface area contributed by atoms with E-state index in [1.54, 1.807) is 37.8 Å². The lowest BCUT2D eigenvalue weighted by Gasteiger charge is -2.21. The van der Waals surface area contributed by atoms with Crippen LogP contribution in [0.1, 0.15) is 26.3 Å². The number of sulfonamides is 1. The maximum Gasteiger partial charge on any atom is 0.244 e. The number of rotatable bonds is 6. The van der Waals surface area contributed by atoms with E-state index < -0.39 is 26.3 Å². The van der Waals surface area contributed by atoms with Gasteiger partial charge in [-0.3, -0.25) is 9.67 Å². The molecule has 0 aliphatic carbocycles. The third-order valence-corrected chi connectivity index (χ3v) is 5.78. The molecule has 2 N–H and O–H groups in total. The van der Waals surface area contributed by atoms with E-state index in [1.807, 2.05) is 25.4 Å². The van der Waals surface area contributed by atoms with Crippen LogP contribution >= 0.6 is 0 Å². The molecule has 2 aromatic heterocycles. The number of hydrogen-bond donors (Lipinski definition) is 2. The number of benzene rings is 1. The second-order valence-electron chi connectivity index (χ2n) is 7.77. The zero-order valence-electron chi connectivity index (χ0n) is 16.8. The van der Waals surface area contributed by atoms with Crippen molar-refractivity contribution < 1.29 is 12.8 Å². The average Bonchev–Trinajstić information content (AvgIpc) is 3.00. The molecule has 3 rings (SSSR count). The largest absolute Gasteiger partial charge is 0.381 e. The van der Waals surface area contributed by atoms with Gasteiger partial charge in [0.1, 0.15) is 10.7 Å². The number of aromatic nitrogens is 3. The summed E-state index contributed by atoms with van der Waals surface area (Å²) >= 11 is 0. The van der Waals surface area contributed by atoms with Gasteiger partial charge >= 0.3 is 0 Å². The second-order valence-corrected chi connectivity index (χ2v) is 9.42. The summed E-state index contributed by atoms with van der Waals surface area (Å²) in [5.41, 5.74) is 2.41. The molecule has 0 radical (unpaired) electrons. The fraction of sp³-hybridized carbons (Fsp3) is 0.300. The van der Waals surface area contributed by atoms with E-state index in [9.17, 15) is 12.8 Å². The number of aryl methyl sites for hydroxylation is 1. The maximum absolute atomic E-state index is 14.2. The molecule has 154 valence electrons. The van der Waals surface area contributed by atoms with Crippen molar-refractivity contribution in [2.75, 3.05) is 5.32 Å². The van der Waals surface area contributed by atoms with Gasteiger partial charge in [-0.15, -0.1) is 0 Å². The number of hydrogen-bond acceptors (Lipinski definition) is 5. The summed E-state index contributed by atoms with van der Waals surface area (Å²) in [5.74, 6) is -0.800. The third-order valence-electron chi connectivity index (χ3n) is 4.00. The molecule has 3 aromatic rings. The number of pyridine rings is 1.